The summed E-state index contributed by atoms with van der Waals surface area (Å²) in [5.41, 5.74) is 4.36. The monoisotopic (exact) mass is 269 g/mol. The number of benzene rings is 2. The van der Waals surface area contributed by atoms with Crippen molar-refractivity contribution >= 4 is 11.7 Å². The van der Waals surface area contributed by atoms with Gasteiger partial charge in [0.25, 0.3) is 0 Å². The minimum absolute atomic E-state index is 0.0519. The lowest BCUT2D eigenvalue weighted by Crippen LogP contribution is -2.11. The summed E-state index contributed by atoms with van der Waals surface area (Å²) < 4.78 is 0. The molecule has 104 valence electrons. The van der Waals surface area contributed by atoms with E-state index < -0.39 is 5.97 Å². The van der Waals surface area contributed by atoms with E-state index in [4.69, 9.17) is 0 Å². The third kappa shape index (κ3) is 2.99. The number of rotatable bonds is 4. The molecule has 0 saturated heterocycles. The summed E-state index contributed by atoms with van der Waals surface area (Å²) in [6.07, 6.45) is 0. The van der Waals surface area contributed by atoms with Crippen molar-refractivity contribution in [3.8, 4) is 0 Å². The Morgan fingerprint density at radius 2 is 1.85 bits per heavy atom. The summed E-state index contributed by atoms with van der Waals surface area (Å²) >= 11 is 0. The van der Waals surface area contributed by atoms with Gasteiger partial charge in [-0.25, -0.2) is 4.79 Å². The molecule has 0 heterocycles. The van der Waals surface area contributed by atoms with Crippen LogP contribution in [-0.4, -0.2) is 11.1 Å². The van der Waals surface area contributed by atoms with Crippen LogP contribution in [0.3, 0.4) is 0 Å². The second-order valence-corrected chi connectivity index (χ2v) is 5.08. The van der Waals surface area contributed by atoms with E-state index in [1.165, 1.54) is 11.1 Å². The van der Waals surface area contributed by atoms with Gasteiger partial charge in [0, 0.05) is 11.7 Å². The molecule has 0 saturated carbocycles. The van der Waals surface area contributed by atoms with Gasteiger partial charge in [-0.2, -0.15) is 0 Å². The van der Waals surface area contributed by atoms with Gasteiger partial charge in [-0.05, 0) is 49.6 Å². The van der Waals surface area contributed by atoms with E-state index >= 15 is 0 Å². The number of aromatic carboxylic acids is 1. The van der Waals surface area contributed by atoms with Gasteiger partial charge in [0.15, 0.2) is 0 Å². The minimum atomic E-state index is -0.913. The van der Waals surface area contributed by atoms with Crippen molar-refractivity contribution in [1.29, 1.82) is 0 Å². The zero-order chi connectivity index (χ0) is 14.7. The normalized spacial score (nSPS) is 11.9. The molecule has 0 aliphatic carbocycles. The lowest BCUT2D eigenvalue weighted by molar-refractivity contribution is 0.0698. The molecule has 1 unspecified atom stereocenters. The van der Waals surface area contributed by atoms with Crippen molar-refractivity contribution in [2.24, 2.45) is 0 Å². The van der Waals surface area contributed by atoms with Gasteiger partial charge in [-0.15, -0.1) is 0 Å². The molecule has 1 atom stereocenters. The standard InChI is InChI=1S/C17H19NO2/c1-11-8-9-15(17(19)20)16(10-11)18-13(3)14-7-5-4-6-12(14)2/h4-10,13,18H,1-3H3,(H,19,20). The van der Waals surface area contributed by atoms with Gasteiger partial charge in [0.05, 0.1) is 5.56 Å². The van der Waals surface area contributed by atoms with Crippen LogP contribution >= 0.6 is 0 Å². The minimum Gasteiger partial charge on any atom is -0.478 e. The highest BCUT2D eigenvalue weighted by atomic mass is 16.4. The summed E-state index contributed by atoms with van der Waals surface area (Å²) in [6.45, 7) is 6.05. The molecule has 3 heteroatoms. The van der Waals surface area contributed by atoms with Crippen LogP contribution < -0.4 is 5.32 Å². The summed E-state index contributed by atoms with van der Waals surface area (Å²) in [5, 5.41) is 12.6. The molecule has 0 spiro atoms. The van der Waals surface area contributed by atoms with Gasteiger partial charge in [-0.1, -0.05) is 30.3 Å². The number of carbonyl (C=O) groups is 1. The third-order valence-electron chi connectivity index (χ3n) is 3.43. The van der Waals surface area contributed by atoms with Crippen LogP contribution in [0, 0.1) is 13.8 Å². The largest absolute Gasteiger partial charge is 0.478 e. The first kappa shape index (κ1) is 14.1. The lowest BCUT2D eigenvalue weighted by Gasteiger charge is -2.19. The molecule has 0 bridgehead atoms. The summed E-state index contributed by atoms with van der Waals surface area (Å²) in [5.74, 6) is -0.913. The van der Waals surface area contributed by atoms with Crippen LogP contribution in [0.5, 0.6) is 0 Å². The van der Waals surface area contributed by atoms with E-state index in [2.05, 4.69) is 24.4 Å². The van der Waals surface area contributed by atoms with E-state index in [0.29, 0.717) is 11.3 Å². The Labute approximate surface area is 119 Å². The number of nitrogens with one attached hydrogen (secondary N) is 1. The van der Waals surface area contributed by atoms with Crippen molar-refractivity contribution < 1.29 is 9.90 Å². The molecule has 20 heavy (non-hydrogen) atoms. The molecule has 2 aromatic carbocycles. The molecule has 0 aliphatic rings. The van der Waals surface area contributed by atoms with Crippen LogP contribution in [0.1, 0.15) is 40.0 Å². The molecule has 0 amide bonds. The molecule has 0 aliphatic heterocycles. The van der Waals surface area contributed by atoms with Crippen molar-refractivity contribution in [1.82, 2.24) is 0 Å². The highest BCUT2D eigenvalue weighted by Gasteiger charge is 2.14. The summed E-state index contributed by atoms with van der Waals surface area (Å²) in [4.78, 5) is 11.3. The molecule has 3 nitrogen and oxygen atoms in total. The maximum atomic E-state index is 11.3. The van der Waals surface area contributed by atoms with Crippen molar-refractivity contribution in [3.63, 3.8) is 0 Å². The van der Waals surface area contributed by atoms with Gasteiger partial charge >= 0.3 is 5.97 Å². The highest BCUT2D eigenvalue weighted by Crippen LogP contribution is 2.25. The van der Waals surface area contributed by atoms with Crippen LogP contribution in [0.4, 0.5) is 5.69 Å². The Balaban J connectivity index is 2.32. The quantitative estimate of drug-likeness (QED) is 0.875. The fourth-order valence-corrected chi connectivity index (χ4v) is 2.35. The van der Waals surface area contributed by atoms with Crippen LogP contribution in [0.15, 0.2) is 42.5 Å². The number of hydrogen-bond acceptors (Lipinski definition) is 2. The second-order valence-electron chi connectivity index (χ2n) is 5.08. The predicted octanol–water partition coefficient (Wildman–Crippen LogP) is 4.17. The molecule has 0 aromatic heterocycles. The van der Waals surface area contributed by atoms with E-state index in [1.807, 2.05) is 38.1 Å². The summed E-state index contributed by atoms with van der Waals surface area (Å²) in [7, 11) is 0. The molecule has 0 fully saturated rings. The van der Waals surface area contributed by atoms with Crippen molar-refractivity contribution in [3.05, 3.63) is 64.7 Å². The zero-order valence-corrected chi connectivity index (χ0v) is 12.0. The Bertz CT molecular complexity index is 635. The van der Waals surface area contributed by atoms with Gasteiger partial charge in [-0.3, -0.25) is 0 Å². The van der Waals surface area contributed by atoms with Crippen molar-refractivity contribution in [2.75, 3.05) is 5.32 Å². The Morgan fingerprint density at radius 1 is 1.15 bits per heavy atom. The van der Waals surface area contributed by atoms with Gasteiger partial charge in [0.1, 0.15) is 0 Å². The number of anilines is 1. The predicted molar refractivity (Wildman–Crippen MR) is 81.4 cm³/mol. The molecular formula is C17H19NO2. The fourth-order valence-electron chi connectivity index (χ4n) is 2.35. The first-order valence-electron chi connectivity index (χ1n) is 6.65. The third-order valence-corrected chi connectivity index (χ3v) is 3.43. The fraction of sp³-hybridized carbons (Fsp3) is 0.235. The average Bonchev–Trinajstić information content (AvgIpc) is 2.38. The van der Waals surface area contributed by atoms with E-state index in [0.717, 1.165) is 5.56 Å². The second kappa shape index (κ2) is 5.78. The Kier molecular flexibility index (Phi) is 4.08. The van der Waals surface area contributed by atoms with Crippen LogP contribution in [0.25, 0.3) is 0 Å². The molecule has 2 rings (SSSR count). The Morgan fingerprint density at radius 3 is 2.50 bits per heavy atom. The van der Waals surface area contributed by atoms with Gasteiger partial charge < -0.3 is 10.4 Å². The molecular weight excluding hydrogens is 250 g/mol. The lowest BCUT2D eigenvalue weighted by atomic mass is 10.0. The number of aryl methyl sites for hydroxylation is 2. The van der Waals surface area contributed by atoms with Crippen molar-refractivity contribution in [2.45, 2.75) is 26.8 Å². The maximum absolute atomic E-state index is 11.3. The number of hydrogen-bond donors (Lipinski definition) is 2. The molecule has 2 N–H and O–H groups in total. The average molecular weight is 269 g/mol. The number of carboxylic acids is 1. The van der Waals surface area contributed by atoms with Crippen LogP contribution in [-0.2, 0) is 0 Å². The van der Waals surface area contributed by atoms with E-state index in [-0.39, 0.29) is 6.04 Å². The molecule has 0 radical (unpaired) electrons. The van der Waals surface area contributed by atoms with Crippen LogP contribution in [0.2, 0.25) is 0 Å². The smallest absolute Gasteiger partial charge is 0.337 e. The maximum Gasteiger partial charge on any atom is 0.337 e. The molecule has 2 aromatic rings. The van der Waals surface area contributed by atoms with E-state index in [9.17, 15) is 9.90 Å². The number of carboxylic acid groups (broad SMARTS) is 1. The van der Waals surface area contributed by atoms with E-state index in [1.54, 1.807) is 6.07 Å². The zero-order valence-electron chi connectivity index (χ0n) is 12.0. The topological polar surface area (TPSA) is 49.3 Å². The highest BCUT2D eigenvalue weighted by molar-refractivity contribution is 5.94. The first-order valence-corrected chi connectivity index (χ1v) is 6.65. The first-order chi connectivity index (χ1) is 9.49. The van der Waals surface area contributed by atoms with Gasteiger partial charge in [0.2, 0.25) is 0 Å². The SMILES string of the molecule is Cc1ccc(C(=O)O)c(NC(C)c2ccccc2C)c1. The summed E-state index contributed by atoms with van der Waals surface area (Å²) in [6, 6.07) is 13.5. The Hall–Kier alpha value is -2.29.